The van der Waals surface area contributed by atoms with Gasteiger partial charge in [0.1, 0.15) is 11.9 Å². The molecular weight excluding hydrogens is 158 g/mol. The molecule has 0 aliphatic heterocycles. The van der Waals surface area contributed by atoms with Crippen molar-refractivity contribution >= 4 is 12.4 Å². The molecule has 70 valence electrons. The average molecular weight is 173 g/mol. The molecule has 0 saturated carbocycles. The molecule has 0 rings (SSSR count). The van der Waals surface area contributed by atoms with Crippen molar-refractivity contribution in [3.63, 3.8) is 0 Å². The zero-order valence-corrected chi connectivity index (χ0v) is 7.66. The van der Waals surface area contributed by atoms with E-state index in [9.17, 15) is 9.59 Å². The highest BCUT2D eigenvalue weighted by molar-refractivity contribution is 5.65. The van der Waals surface area contributed by atoms with Crippen LogP contribution in [-0.4, -0.2) is 18.0 Å². The second-order valence-electron chi connectivity index (χ2n) is 3.50. The zero-order chi connectivity index (χ0) is 9.78. The number of aldehydes is 1. The molecule has 4 heteroatoms. The number of ether oxygens (including phenoxy) is 1. The zero-order valence-electron chi connectivity index (χ0n) is 7.66. The average Bonchev–Trinajstić information content (AvgIpc) is 1.83. The Morgan fingerprint density at radius 2 is 2.17 bits per heavy atom. The third kappa shape index (κ3) is 4.71. The molecule has 0 aromatic rings. The van der Waals surface area contributed by atoms with E-state index in [-0.39, 0.29) is 5.92 Å². The first-order chi connectivity index (χ1) is 5.37. The molecule has 0 aromatic carbocycles. The maximum absolute atomic E-state index is 10.4. The Balaban J connectivity index is 4.02. The molecule has 0 aromatic heterocycles. The second kappa shape index (κ2) is 4.09. The van der Waals surface area contributed by atoms with E-state index in [1.54, 1.807) is 20.8 Å². The van der Waals surface area contributed by atoms with Gasteiger partial charge >= 0.3 is 6.09 Å². The van der Waals surface area contributed by atoms with Gasteiger partial charge in [0, 0.05) is 5.92 Å². The molecule has 1 amide bonds. The molecule has 12 heavy (non-hydrogen) atoms. The van der Waals surface area contributed by atoms with Gasteiger partial charge in [0.2, 0.25) is 0 Å². The molecule has 0 fully saturated rings. The van der Waals surface area contributed by atoms with Crippen LogP contribution in [0, 0.1) is 5.92 Å². The summed E-state index contributed by atoms with van der Waals surface area (Å²) in [6.45, 7) is 5.20. The van der Waals surface area contributed by atoms with Gasteiger partial charge in [0.05, 0.1) is 0 Å². The van der Waals surface area contributed by atoms with Crippen molar-refractivity contribution in [3.05, 3.63) is 0 Å². The summed E-state index contributed by atoms with van der Waals surface area (Å²) >= 11 is 0. The van der Waals surface area contributed by atoms with Crippen molar-refractivity contribution in [2.75, 3.05) is 0 Å². The highest BCUT2D eigenvalue weighted by atomic mass is 16.6. The minimum Gasteiger partial charge on any atom is -0.444 e. The SMILES string of the molecule is C[C@@H](C=O)CC(C)(C)OC(N)=O. The van der Waals surface area contributed by atoms with E-state index in [2.05, 4.69) is 0 Å². The smallest absolute Gasteiger partial charge is 0.405 e. The largest absolute Gasteiger partial charge is 0.444 e. The van der Waals surface area contributed by atoms with Gasteiger partial charge in [-0.1, -0.05) is 6.92 Å². The van der Waals surface area contributed by atoms with Gasteiger partial charge < -0.3 is 15.3 Å². The van der Waals surface area contributed by atoms with Crippen LogP contribution in [0.5, 0.6) is 0 Å². The van der Waals surface area contributed by atoms with Crippen molar-refractivity contribution < 1.29 is 14.3 Å². The number of rotatable bonds is 4. The molecule has 0 aliphatic carbocycles. The third-order valence-corrected chi connectivity index (χ3v) is 1.42. The predicted molar refractivity (Wildman–Crippen MR) is 44.6 cm³/mol. The number of hydrogen-bond donors (Lipinski definition) is 1. The van der Waals surface area contributed by atoms with Crippen molar-refractivity contribution in [1.82, 2.24) is 0 Å². The van der Waals surface area contributed by atoms with Crippen LogP contribution in [0.15, 0.2) is 0 Å². The topological polar surface area (TPSA) is 69.4 Å². The summed E-state index contributed by atoms with van der Waals surface area (Å²) in [6, 6.07) is 0. The quantitative estimate of drug-likeness (QED) is 0.647. The molecule has 0 bridgehead atoms. The van der Waals surface area contributed by atoms with E-state index in [1.807, 2.05) is 0 Å². The Kier molecular flexibility index (Phi) is 3.73. The number of carbonyl (C=O) groups is 2. The first kappa shape index (κ1) is 10.9. The number of amides is 1. The maximum atomic E-state index is 10.4. The number of carbonyl (C=O) groups excluding carboxylic acids is 2. The molecule has 0 heterocycles. The summed E-state index contributed by atoms with van der Waals surface area (Å²) in [5, 5.41) is 0. The van der Waals surface area contributed by atoms with Gasteiger partial charge in [-0.25, -0.2) is 4.79 Å². The molecule has 0 radical (unpaired) electrons. The van der Waals surface area contributed by atoms with Crippen LogP contribution in [0.1, 0.15) is 27.2 Å². The summed E-state index contributed by atoms with van der Waals surface area (Å²) in [4.78, 5) is 20.7. The molecule has 0 aliphatic rings. The van der Waals surface area contributed by atoms with E-state index < -0.39 is 11.7 Å². The summed E-state index contributed by atoms with van der Waals surface area (Å²) in [5.74, 6) is -0.126. The fourth-order valence-corrected chi connectivity index (χ4v) is 1.14. The lowest BCUT2D eigenvalue weighted by Crippen LogP contribution is -2.33. The normalized spacial score (nSPS) is 13.6. The molecule has 0 spiro atoms. The summed E-state index contributed by atoms with van der Waals surface area (Å²) < 4.78 is 4.79. The van der Waals surface area contributed by atoms with Crippen LogP contribution in [0.2, 0.25) is 0 Å². The van der Waals surface area contributed by atoms with Crippen LogP contribution >= 0.6 is 0 Å². The van der Waals surface area contributed by atoms with E-state index in [1.165, 1.54) is 0 Å². The maximum Gasteiger partial charge on any atom is 0.405 e. The molecular formula is C8H15NO3. The third-order valence-electron chi connectivity index (χ3n) is 1.42. The van der Waals surface area contributed by atoms with Crippen molar-refractivity contribution in [2.45, 2.75) is 32.8 Å². The number of primary amides is 1. The summed E-state index contributed by atoms with van der Waals surface area (Å²) in [7, 11) is 0. The summed E-state index contributed by atoms with van der Waals surface area (Å²) in [5.41, 5.74) is 4.19. The monoisotopic (exact) mass is 173 g/mol. The van der Waals surface area contributed by atoms with Gasteiger partial charge in [-0.15, -0.1) is 0 Å². The predicted octanol–water partition coefficient (Wildman–Crippen LogP) is 1.09. The van der Waals surface area contributed by atoms with Crippen LogP contribution in [-0.2, 0) is 9.53 Å². The van der Waals surface area contributed by atoms with Crippen molar-refractivity contribution in [1.29, 1.82) is 0 Å². The highest BCUT2D eigenvalue weighted by Gasteiger charge is 2.24. The molecule has 0 unspecified atom stereocenters. The lowest BCUT2D eigenvalue weighted by atomic mass is 9.96. The van der Waals surface area contributed by atoms with Gasteiger partial charge in [0.15, 0.2) is 0 Å². The summed E-state index contributed by atoms with van der Waals surface area (Å²) in [6.07, 6.45) is 0.504. The van der Waals surface area contributed by atoms with E-state index in [0.717, 1.165) is 6.29 Å². The first-order valence-corrected chi connectivity index (χ1v) is 3.81. The van der Waals surface area contributed by atoms with Crippen molar-refractivity contribution in [2.24, 2.45) is 11.7 Å². The van der Waals surface area contributed by atoms with Gasteiger partial charge in [0.25, 0.3) is 0 Å². The molecule has 2 N–H and O–H groups in total. The molecule has 4 nitrogen and oxygen atoms in total. The first-order valence-electron chi connectivity index (χ1n) is 3.81. The Bertz CT molecular complexity index is 177. The van der Waals surface area contributed by atoms with Gasteiger partial charge in [-0.2, -0.15) is 0 Å². The standard InChI is InChI=1S/C8H15NO3/c1-6(5-10)4-8(2,3)12-7(9)11/h5-6H,4H2,1-3H3,(H2,9,11)/t6-/m1/s1. The Morgan fingerprint density at radius 1 is 1.67 bits per heavy atom. The van der Waals surface area contributed by atoms with Gasteiger partial charge in [-0.05, 0) is 20.3 Å². The van der Waals surface area contributed by atoms with Crippen molar-refractivity contribution in [3.8, 4) is 0 Å². The van der Waals surface area contributed by atoms with Crippen LogP contribution < -0.4 is 5.73 Å². The van der Waals surface area contributed by atoms with Gasteiger partial charge in [-0.3, -0.25) is 0 Å². The number of nitrogens with two attached hydrogens (primary N) is 1. The Labute approximate surface area is 72.1 Å². The van der Waals surface area contributed by atoms with Crippen LogP contribution in [0.4, 0.5) is 4.79 Å². The van der Waals surface area contributed by atoms with E-state index in [4.69, 9.17) is 10.5 Å². The molecule has 1 atom stereocenters. The number of hydrogen-bond acceptors (Lipinski definition) is 3. The second-order valence-corrected chi connectivity index (χ2v) is 3.50. The van der Waals surface area contributed by atoms with Crippen LogP contribution in [0.3, 0.4) is 0 Å². The minimum absolute atomic E-state index is 0.126. The van der Waals surface area contributed by atoms with E-state index >= 15 is 0 Å². The van der Waals surface area contributed by atoms with E-state index in [0.29, 0.717) is 6.42 Å². The highest BCUT2D eigenvalue weighted by Crippen LogP contribution is 2.18. The Morgan fingerprint density at radius 3 is 2.50 bits per heavy atom. The lowest BCUT2D eigenvalue weighted by molar-refractivity contribution is -0.112. The Hall–Kier alpha value is -1.06. The lowest BCUT2D eigenvalue weighted by Gasteiger charge is -2.25. The van der Waals surface area contributed by atoms with Crippen LogP contribution in [0.25, 0.3) is 0 Å². The molecule has 0 saturated heterocycles. The fourth-order valence-electron chi connectivity index (χ4n) is 1.14. The minimum atomic E-state index is -0.807. The fraction of sp³-hybridized carbons (Fsp3) is 0.750.